The van der Waals surface area contributed by atoms with Crippen LogP contribution in [0, 0.1) is 24.0 Å². The van der Waals surface area contributed by atoms with E-state index >= 15 is 0 Å². The van der Waals surface area contributed by atoms with Crippen molar-refractivity contribution in [2.24, 2.45) is 0 Å². The van der Waals surface area contributed by atoms with Gasteiger partial charge in [-0.05, 0) is 37.6 Å². The van der Waals surface area contributed by atoms with Gasteiger partial charge in [0, 0.05) is 5.56 Å². The molecule has 1 fully saturated rings. The van der Waals surface area contributed by atoms with Gasteiger partial charge in [0.15, 0.2) is 11.6 Å². The lowest BCUT2D eigenvalue weighted by atomic mass is 10.2. The molecule has 2 heterocycles. The van der Waals surface area contributed by atoms with Crippen LogP contribution in [0.1, 0.15) is 24.8 Å². The van der Waals surface area contributed by atoms with Crippen molar-refractivity contribution in [2.75, 3.05) is 13.1 Å². The molecule has 3 rings (SSSR count). The van der Waals surface area contributed by atoms with Crippen molar-refractivity contribution in [1.82, 2.24) is 15.0 Å². The maximum absolute atomic E-state index is 13.2. The molecule has 1 aliphatic rings. The minimum atomic E-state index is -0.936. The Kier molecular flexibility index (Phi) is 3.67. The standard InChI is InChI=1S/C15H13F2N3O/c1-2-7-20-8-3-4-13(20)15-18-14(19-21-15)10-5-6-11(16)12(17)9-10/h1,5-6,9,13H,3-4,7-8H2/t13-/m0/s1. The molecule has 1 aromatic carbocycles. The van der Waals surface area contributed by atoms with Crippen molar-refractivity contribution in [3.63, 3.8) is 0 Å². The molecule has 6 heteroatoms. The Bertz CT molecular complexity index is 692. The summed E-state index contributed by atoms with van der Waals surface area (Å²) >= 11 is 0. The number of terminal acetylenes is 1. The van der Waals surface area contributed by atoms with Gasteiger partial charge in [0.05, 0.1) is 12.6 Å². The van der Waals surface area contributed by atoms with E-state index in [1.807, 2.05) is 0 Å². The van der Waals surface area contributed by atoms with Crippen LogP contribution in [0.3, 0.4) is 0 Å². The summed E-state index contributed by atoms with van der Waals surface area (Å²) in [6.07, 6.45) is 7.24. The van der Waals surface area contributed by atoms with Gasteiger partial charge < -0.3 is 4.52 Å². The highest BCUT2D eigenvalue weighted by molar-refractivity contribution is 5.54. The maximum atomic E-state index is 13.2. The van der Waals surface area contributed by atoms with E-state index in [1.165, 1.54) is 6.07 Å². The van der Waals surface area contributed by atoms with E-state index in [9.17, 15) is 8.78 Å². The van der Waals surface area contributed by atoms with Gasteiger partial charge in [0.2, 0.25) is 11.7 Å². The molecule has 0 saturated carbocycles. The predicted molar refractivity (Wildman–Crippen MR) is 72.0 cm³/mol. The predicted octanol–water partition coefficient (Wildman–Crippen LogP) is 2.78. The Balaban J connectivity index is 1.86. The quantitative estimate of drug-likeness (QED) is 0.815. The normalized spacial score (nSPS) is 18.8. The molecule has 21 heavy (non-hydrogen) atoms. The third-order valence-corrected chi connectivity index (χ3v) is 3.56. The molecule has 0 amide bonds. The average molecular weight is 289 g/mol. The number of hydrogen-bond acceptors (Lipinski definition) is 4. The van der Waals surface area contributed by atoms with E-state index in [0.717, 1.165) is 31.5 Å². The van der Waals surface area contributed by atoms with Gasteiger partial charge in [0.1, 0.15) is 0 Å². The molecule has 0 radical (unpaired) electrons. The van der Waals surface area contributed by atoms with Gasteiger partial charge in [-0.25, -0.2) is 8.78 Å². The van der Waals surface area contributed by atoms with Crippen molar-refractivity contribution in [1.29, 1.82) is 0 Å². The van der Waals surface area contributed by atoms with E-state index < -0.39 is 11.6 Å². The Labute approximate surface area is 120 Å². The van der Waals surface area contributed by atoms with E-state index in [4.69, 9.17) is 10.9 Å². The molecule has 0 aliphatic carbocycles. The summed E-state index contributed by atoms with van der Waals surface area (Å²) in [5, 5.41) is 3.84. The van der Waals surface area contributed by atoms with Crippen LogP contribution < -0.4 is 0 Å². The first-order chi connectivity index (χ1) is 10.2. The fourth-order valence-corrected chi connectivity index (χ4v) is 2.54. The van der Waals surface area contributed by atoms with Crippen molar-refractivity contribution < 1.29 is 13.3 Å². The average Bonchev–Trinajstić information content (AvgIpc) is 3.10. The zero-order valence-electron chi connectivity index (χ0n) is 11.2. The molecule has 2 aromatic rings. The summed E-state index contributed by atoms with van der Waals surface area (Å²) in [6.45, 7) is 1.41. The number of aromatic nitrogens is 2. The number of hydrogen-bond donors (Lipinski definition) is 0. The number of nitrogens with zero attached hydrogens (tertiary/aromatic N) is 3. The topological polar surface area (TPSA) is 42.2 Å². The Hall–Kier alpha value is -2.26. The van der Waals surface area contributed by atoms with Gasteiger partial charge in [-0.1, -0.05) is 11.1 Å². The third kappa shape index (κ3) is 2.65. The molecular weight excluding hydrogens is 276 g/mol. The molecule has 1 aliphatic heterocycles. The molecule has 108 valence electrons. The highest BCUT2D eigenvalue weighted by Crippen LogP contribution is 2.31. The van der Waals surface area contributed by atoms with Crippen LogP contribution in [-0.2, 0) is 0 Å². The van der Waals surface area contributed by atoms with Crippen LogP contribution in [0.4, 0.5) is 8.78 Å². The number of rotatable bonds is 3. The fraction of sp³-hybridized carbons (Fsp3) is 0.333. The summed E-state index contributed by atoms with van der Waals surface area (Å²) in [5.41, 5.74) is 0.380. The minimum Gasteiger partial charge on any atom is -0.337 e. The summed E-state index contributed by atoms with van der Waals surface area (Å²) < 4.78 is 31.4. The highest BCUT2D eigenvalue weighted by atomic mass is 19.2. The number of benzene rings is 1. The zero-order chi connectivity index (χ0) is 14.8. The van der Waals surface area contributed by atoms with Crippen LogP contribution in [-0.4, -0.2) is 28.1 Å². The second kappa shape index (κ2) is 5.62. The summed E-state index contributed by atoms with van der Waals surface area (Å²) in [4.78, 5) is 6.37. The first-order valence-electron chi connectivity index (χ1n) is 6.65. The van der Waals surface area contributed by atoms with Crippen LogP contribution in [0.15, 0.2) is 22.7 Å². The van der Waals surface area contributed by atoms with Crippen molar-refractivity contribution in [3.8, 4) is 23.7 Å². The van der Waals surface area contributed by atoms with Crippen molar-refractivity contribution in [2.45, 2.75) is 18.9 Å². The van der Waals surface area contributed by atoms with Gasteiger partial charge >= 0.3 is 0 Å². The zero-order valence-corrected chi connectivity index (χ0v) is 11.2. The lowest BCUT2D eigenvalue weighted by Gasteiger charge is -2.17. The smallest absolute Gasteiger partial charge is 0.244 e. The van der Waals surface area contributed by atoms with Crippen LogP contribution in [0.2, 0.25) is 0 Å². The third-order valence-electron chi connectivity index (χ3n) is 3.56. The van der Waals surface area contributed by atoms with Crippen LogP contribution >= 0.6 is 0 Å². The molecule has 0 spiro atoms. The van der Waals surface area contributed by atoms with E-state index in [1.54, 1.807) is 0 Å². The van der Waals surface area contributed by atoms with Gasteiger partial charge in [-0.3, -0.25) is 4.90 Å². The molecule has 1 atom stereocenters. The number of halogens is 2. The van der Waals surface area contributed by atoms with Crippen molar-refractivity contribution in [3.05, 3.63) is 35.7 Å². The molecule has 1 saturated heterocycles. The Morgan fingerprint density at radius 3 is 3.00 bits per heavy atom. The Morgan fingerprint density at radius 1 is 1.38 bits per heavy atom. The van der Waals surface area contributed by atoms with Gasteiger partial charge in [0.25, 0.3) is 0 Å². The second-order valence-corrected chi connectivity index (χ2v) is 4.92. The largest absolute Gasteiger partial charge is 0.337 e. The molecule has 4 nitrogen and oxygen atoms in total. The molecule has 0 N–H and O–H groups in total. The molecular formula is C15H13F2N3O. The summed E-state index contributed by atoms with van der Waals surface area (Å²) in [6, 6.07) is 3.51. The number of likely N-dealkylation sites (tertiary alicyclic amines) is 1. The highest BCUT2D eigenvalue weighted by Gasteiger charge is 2.30. The first-order valence-corrected chi connectivity index (χ1v) is 6.65. The van der Waals surface area contributed by atoms with E-state index in [-0.39, 0.29) is 11.9 Å². The summed E-state index contributed by atoms with van der Waals surface area (Å²) in [5.74, 6) is 1.47. The monoisotopic (exact) mass is 289 g/mol. The van der Waals surface area contributed by atoms with Crippen LogP contribution in [0.5, 0.6) is 0 Å². The second-order valence-electron chi connectivity index (χ2n) is 4.92. The van der Waals surface area contributed by atoms with Gasteiger partial charge in [-0.15, -0.1) is 6.42 Å². The maximum Gasteiger partial charge on any atom is 0.244 e. The molecule has 0 bridgehead atoms. The Morgan fingerprint density at radius 2 is 2.24 bits per heavy atom. The summed E-state index contributed by atoms with van der Waals surface area (Å²) in [7, 11) is 0. The van der Waals surface area contributed by atoms with Crippen molar-refractivity contribution >= 4 is 0 Å². The van der Waals surface area contributed by atoms with E-state index in [0.29, 0.717) is 18.0 Å². The molecule has 0 unspecified atom stereocenters. The lowest BCUT2D eigenvalue weighted by Crippen LogP contribution is -2.23. The SMILES string of the molecule is C#CCN1CCC[C@H]1c1nc(-c2ccc(F)c(F)c2)no1. The first kappa shape index (κ1) is 13.7. The van der Waals surface area contributed by atoms with Crippen LogP contribution in [0.25, 0.3) is 11.4 Å². The molecule has 1 aromatic heterocycles. The minimum absolute atomic E-state index is 0.00686. The van der Waals surface area contributed by atoms with Gasteiger partial charge in [-0.2, -0.15) is 4.98 Å². The van der Waals surface area contributed by atoms with E-state index in [2.05, 4.69) is 21.0 Å². The fourth-order valence-electron chi connectivity index (χ4n) is 2.54. The lowest BCUT2D eigenvalue weighted by molar-refractivity contribution is 0.228.